The molecule has 1 atom stereocenters. The van der Waals surface area contributed by atoms with Crippen LogP contribution in [0.3, 0.4) is 0 Å². The second-order valence-corrected chi connectivity index (χ2v) is 4.14. The maximum absolute atomic E-state index is 10.2. The van der Waals surface area contributed by atoms with Gasteiger partial charge in [-0.3, -0.25) is 0 Å². The molecule has 3 heteroatoms. The Hall–Kier alpha value is -2.26. The van der Waals surface area contributed by atoms with Crippen LogP contribution < -0.4 is 0 Å². The second-order valence-electron chi connectivity index (χ2n) is 4.14. The molecular weight excluding hydrogens is 224 g/mol. The van der Waals surface area contributed by atoms with Crippen LogP contribution in [-0.4, -0.2) is 15.3 Å². The Morgan fingerprint density at radius 2 is 1.56 bits per heavy atom. The summed E-state index contributed by atoms with van der Waals surface area (Å²) in [4.78, 5) is 0. The zero-order valence-corrected chi connectivity index (χ0v) is 9.69. The highest BCUT2D eigenvalue weighted by atomic mass is 16.3. The van der Waals surface area contributed by atoms with Gasteiger partial charge in [0.1, 0.15) is 6.10 Å². The van der Waals surface area contributed by atoms with E-state index in [-0.39, 0.29) is 0 Å². The van der Waals surface area contributed by atoms with Gasteiger partial charge in [-0.25, -0.2) is 0 Å². The Balaban J connectivity index is 2.04. The topological polar surface area (TPSA) is 46.0 Å². The SMILES string of the molecule is OC(c1ccccc1)c1cc2ccccc2nn1. The minimum Gasteiger partial charge on any atom is -0.382 e. The van der Waals surface area contributed by atoms with Gasteiger partial charge in [-0.05, 0) is 17.7 Å². The molecule has 0 amide bonds. The highest BCUT2D eigenvalue weighted by molar-refractivity contribution is 5.78. The summed E-state index contributed by atoms with van der Waals surface area (Å²) >= 11 is 0. The molecule has 88 valence electrons. The molecule has 0 fully saturated rings. The zero-order chi connectivity index (χ0) is 12.4. The molecule has 0 spiro atoms. The van der Waals surface area contributed by atoms with Gasteiger partial charge < -0.3 is 5.11 Å². The molecule has 0 radical (unpaired) electrons. The van der Waals surface area contributed by atoms with Crippen molar-refractivity contribution in [2.45, 2.75) is 6.10 Å². The Labute approximate surface area is 105 Å². The molecule has 1 N–H and O–H groups in total. The normalized spacial score (nSPS) is 12.5. The van der Waals surface area contributed by atoms with E-state index in [1.54, 1.807) is 0 Å². The summed E-state index contributed by atoms with van der Waals surface area (Å²) in [6, 6.07) is 19.1. The van der Waals surface area contributed by atoms with Crippen LogP contribution in [-0.2, 0) is 0 Å². The Morgan fingerprint density at radius 1 is 0.833 bits per heavy atom. The van der Waals surface area contributed by atoms with Crippen LogP contribution in [0.15, 0.2) is 60.7 Å². The molecule has 1 aromatic heterocycles. The predicted octanol–water partition coefficient (Wildman–Crippen LogP) is 2.71. The lowest BCUT2D eigenvalue weighted by Crippen LogP contribution is -2.03. The molecule has 3 rings (SSSR count). The minimum atomic E-state index is -0.733. The predicted molar refractivity (Wildman–Crippen MR) is 70.0 cm³/mol. The standard InChI is InChI=1S/C15H12N2O/c18-15(11-6-2-1-3-7-11)14-10-12-8-4-5-9-13(12)16-17-14/h1-10,15,18H. The summed E-state index contributed by atoms with van der Waals surface area (Å²) in [6.45, 7) is 0. The molecule has 3 nitrogen and oxygen atoms in total. The van der Waals surface area contributed by atoms with Gasteiger partial charge >= 0.3 is 0 Å². The number of fused-ring (bicyclic) bond motifs is 1. The summed E-state index contributed by atoms with van der Waals surface area (Å²) in [5.74, 6) is 0. The van der Waals surface area contributed by atoms with Crippen molar-refractivity contribution < 1.29 is 5.11 Å². The van der Waals surface area contributed by atoms with E-state index in [0.29, 0.717) is 5.69 Å². The first-order chi connectivity index (χ1) is 8.84. The smallest absolute Gasteiger partial charge is 0.123 e. The van der Waals surface area contributed by atoms with E-state index in [2.05, 4.69) is 10.2 Å². The van der Waals surface area contributed by atoms with Crippen molar-refractivity contribution >= 4 is 10.9 Å². The van der Waals surface area contributed by atoms with Gasteiger partial charge in [0, 0.05) is 5.39 Å². The lowest BCUT2D eigenvalue weighted by molar-refractivity contribution is 0.214. The van der Waals surface area contributed by atoms with Gasteiger partial charge in [0.25, 0.3) is 0 Å². The monoisotopic (exact) mass is 236 g/mol. The Morgan fingerprint density at radius 3 is 2.39 bits per heavy atom. The Bertz CT molecular complexity index is 667. The maximum Gasteiger partial charge on any atom is 0.123 e. The fourth-order valence-electron chi connectivity index (χ4n) is 1.94. The summed E-state index contributed by atoms with van der Waals surface area (Å²) < 4.78 is 0. The molecule has 1 heterocycles. The number of hydrogen-bond acceptors (Lipinski definition) is 3. The third-order valence-electron chi connectivity index (χ3n) is 2.91. The van der Waals surface area contributed by atoms with Crippen LogP contribution >= 0.6 is 0 Å². The van der Waals surface area contributed by atoms with Crippen LogP contribution in [0.2, 0.25) is 0 Å². The third-order valence-corrected chi connectivity index (χ3v) is 2.91. The third kappa shape index (κ3) is 1.96. The molecular formula is C15H12N2O. The molecule has 1 unspecified atom stereocenters. The van der Waals surface area contributed by atoms with Gasteiger partial charge in [-0.15, -0.1) is 0 Å². The van der Waals surface area contributed by atoms with Crippen LogP contribution in [0.4, 0.5) is 0 Å². The van der Waals surface area contributed by atoms with E-state index in [9.17, 15) is 5.11 Å². The Kier molecular flexibility index (Phi) is 2.74. The van der Waals surface area contributed by atoms with Crippen LogP contribution in [0, 0.1) is 0 Å². The number of aliphatic hydroxyl groups is 1. The molecule has 0 aliphatic heterocycles. The number of aliphatic hydroxyl groups excluding tert-OH is 1. The van der Waals surface area contributed by atoms with Crippen LogP contribution in [0.25, 0.3) is 10.9 Å². The van der Waals surface area contributed by atoms with Crippen LogP contribution in [0.1, 0.15) is 17.4 Å². The van der Waals surface area contributed by atoms with E-state index in [1.807, 2.05) is 60.7 Å². The summed E-state index contributed by atoms with van der Waals surface area (Å²) in [5.41, 5.74) is 2.23. The van der Waals surface area contributed by atoms with Gasteiger partial charge in [-0.2, -0.15) is 10.2 Å². The average Bonchev–Trinajstić information content (AvgIpc) is 2.47. The maximum atomic E-state index is 10.2. The van der Waals surface area contributed by atoms with E-state index in [0.717, 1.165) is 16.5 Å². The van der Waals surface area contributed by atoms with E-state index < -0.39 is 6.10 Å². The molecule has 0 bridgehead atoms. The van der Waals surface area contributed by atoms with Gasteiger partial charge in [0.15, 0.2) is 0 Å². The number of benzene rings is 2. The minimum absolute atomic E-state index is 0.569. The average molecular weight is 236 g/mol. The molecule has 18 heavy (non-hydrogen) atoms. The van der Waals surface area contributed by atoms with Crippen molar-refractivity contribution in [1.82, 2.24) is 10.2 Å². The zero-order valence-electron chi connectivity index (χ0n) is 9.69. The summed E-state index contributed by atoms with van der Waals surface area (Å²) in [6.07, 6.45) is -0.733. The van der Waals surface area contributed by atoms with Crippen molar-refractivity contribution in [3.63, 3.8) is 0 Å². The summed E-state index contributed by atoms with van der Waals surface area (Å²) in [7, 11) is 0. The number of hydrogen-bond donors (Lipinski definition) is 1. The first-order valence-electron chi connectivity index (χ1n) is 5.80. The molecule has 0 aliphatic rings. The first kappa shape index (κ1) is 10.9. The number of aromatic nitrogens is 2. The summed E-state index contributed by atoms with van der Waals surface area (Å²) in [5, 5.41) is 19.4. The van der Waals surface area contributed by atoms with Crippen molar-refractivity contribution in [2.75, 3.05) is 0 Å². The molecule has 3 aromatic rings. The van der Waals surface area contributed by atoms with Crippen molar-refractivity contribution in [3.05, 3.63) is 71.9 Å². The highest BCUT2D eigenvalue weighted by Gasteiger charge is 2.12. The van der Waals surface area contributed by atoms with Gasteiger partial charge in [-0.1, -0.05) is 48.5 Å². The highest BCUT2D eigenvalue weighted by Crippen LogP contribution is 2.21. The van der Waals surface area contributed by atoms with Crippen molar-refractivity contribution in [3.8, 4) is 0 Å². The second kappa shape index (κ2) is 4.55. The number of rotatable bonds is 2. The van der Waals surface area contributed by atoms with Crippen molar-refractivity contribution in [1.29, 1.82) is 0 Å². The first-order valence-corrected chi connectivity index (χ1v) is 5.80. The van der Waals surface area contributed by atoms with E-state index in [4.69, 9.17) is 0 Å². The number of nitrogens with zero attached hydrogens (tertiary/aromatic N) is 2. The van der Waals surface area contributed by atoms with E-state index in [1.165, 1.54) is 0 Å². The fraction of sp³-hybridized carbons (Fsp3) is 0.0667. The lowest BCUT2D eigenvalue weighted by Gasteiger charge is -2.10. The molecule has 0 aliphatic carbocycles. The largest absolute Gasteiger partial charge is 0.382 e. The molecule has 0 saturated heterocycles. The quantitative estimate of drug-likeness (QED) is 0.744. The van der Waals surface area contributed by atoms with Gasteiger partial charge in [0.05, 0.1) is 11.2 Å². The van der Waals surface area contributed by atoms with E-state index >= 15 is 0 Å². The van der Waals surface area contributed by atoms with Gasteiger partial charge in [0.2, 0.25) is 0 Å². The fourth-order valence-corrected chi connectivity index (χ4v) is 1.94. The van der Waals surface area contributed by atoms with Crippen LogP contribution in [0.5, 0.6) is 0 Å². The molecule has 0 saturated carbocycles. The molecule has 2 aromatic carbocycles. The lowest BCUT2D eigenvalue weighted by atomic mass is 10.1. The van der Waals surface area contributed by atoms with Crippen molar-refractivity contribution in [2.24, 2.45) is 0 Å².